The molecule has 0 amide bonds. The molecule has 3 N–H and O–H groups in total. The Morgan fingerprint density at radius 3 is 2.79 bits per heavy atom. The van der Waals surface area contributed by atoms with Gasteiger partial charge in [-0.05, 0) is 45.8 Å². The minimum Gasteiger partial charge on any atom is -0.321 e. The van der Waals surface area contributed by atoms with Crippen molar-refractivity contribution in [1.82, 2.24) is 15.6 Å². The minimum atomic E-state index is 0.739. The number of fused-ring (bicyclic) bond motifs is 1. The summed E-state index contributed by atoms with van der Waals surface area (Å²) in [4.78, 5) is 0. The fourth-order valence-electron chi connectivity index (χ4n) is 1.91. The molecule has 0 aliphatic heterocycles. The minimum absolute atomic E-state index is 0.739. The Balaban J connectivity index is 1.67. The zero-order valence-electron chi connectivity index (χ0n) is 10.2. The second-order valence-electron chi connectivity index (χ2n) is 4.23. The molecule has 0 aliphatic rings. The molecule has 4 nitrogen and oxygen atoms in total. The van der Waals surface area contributed by atoms with Crippen molar-refractivity contribution in [1.29, 1.82) is 0 Å². The van der Waals surface area contributed by atoms with Crippen LogP contribution in [0, 0.1) is 0 Å². The summed E-state index contributed by atoms with van der Waals surface area (Å²) in [5.74, 6) is 0. The molecule has 1 heterocycles. The van der Waals surface area contributed by atoms with Crippen LogP contribution in [0.5, 0.6) is 0 Å². The van der Waals surface area contributed by atoms with Gasteiger partial charge >= 0.3 is 0 Å². The Morgan fingerprint density at radius 1 is 1.11 bits per heavy atom. The van der Waals surface area contributed by atoms with Gasteiger partial charge in [0.05, 0.1) is 5.52 Å². The number of hydrogen-bond acceptors (Lipinski definition) is 3. The Morgan fingerprint density at radius 2 is 1.95 bits per heavy atom. The summed E-state index contributed by atoms with van der Waals surface area (Å²) in [5, 5.41) is 8.19. The third-order valence-corrected chi connectivity index (χ3v) is 3.48. The van der Waals surface area contributed by atoms with Crippen LogP contribution in [0.1, 0.15) is 5.56 Å². The van der Waals surface area contributed by atoms with E-state index in [9.17, 15) is 0 Å². The average molecular weight is 317 g/mol. The Kier molecular flexibility index (Phi) is 3.48. The number of hydrogen-bond donors (Lipinski definition) is 3. The van der Waals surface area contributed by atoms with Gasteiger partial charge in [-0.15, -0.1) is 0 Å². The number of rotatable bonds is 4. The van der Waals surface area contributed by atoms with Crippen molar-refractivity contribution in [2.75, 3.05) is 5.43 Å². The number of aromatic nitrogens is 2. The molecule has 3 aromatic rings. The molecule has 96 valence electrons. The van der Waals surface area contributed by atoms with Crippen LogP contribution in [0.4, 0.5) is 5.69 Å². The molecular weight excluding hydrogens is 304 g/mol. The van der Waals surface area contributed by atoms with Gasteiger partial charge in [-0.25, -0.2) is 5.43 Å². The summed E-state index contributed by atoms with van der Waals surface area (Å²) < 4.78 is 0.917. The average Bonchev–Trinajstić information content (AvgIpc) is 2.82. The van der Waals surface area contributed by atoms with Crippen LogP contribution >= 0.6 is 15.9 Å². The lowest BCUT2D eigenvalue weighted by Crippen LogP contribution is -2.20. The highest BCUT2D eigenvalue weighted by Crippen LogP contribution is 2.21. The molecule has 0 spiro atoms. The van der Waals surface area contributed by atoms with E-state index >= 15 is 0 Å². The summed E-state index contributed by atoms with van der Waals surface area (Å²) in [6, 6.07) is 16.2. The number of benzene rings is 2. The zero-order valence-corrected chi connectivity index (χ0v) is 11.7. The van der Waals surface area contributed by atoms with Crippen molar-refractivity contribution in [3.63, 3.8) is 0 Å². The van der Waals surface area contributed by atoms with E-state index < -0.39 is 0 Å². The fraction of sp³-hybridized carbons (Fsp3) is 0.0714. The number of aromatic amines is 1. The number of para-hydroxylation sites is 1. The molecule has 3 rings (SSSR count). The summed E-state index contributed by atoms with van der Waals surface area (Å²) in [6.07, 6.45) is 0. The highest BCUT2D eigenvalue weighted by atomic mass is 79.9. The summed E-state index contributed by atoms with van der Waals surface area (Å²) >= 11 is 3.45. The highest BCUT2D eigenvalue weighted by Gasteiger charge is 2.03. The summed E-state index contributed by atoms with van der Waals surface area (Å²) in [6.45, 7) is 0.739. The predicted octanol–water partition coefficient (Wildman–Crippen LogP) is 3.44. The van der Waals surface area contributed by atoms with Crippen molar-refractivity contribution in [2.45, 2.75) is 6.54 Å². The van der Waals surface area contributed by atoms with Crippen LogP contribution in [-0.4, -0.2) is 10.2 Å². The maximum atomic E-state index is 4.18. The van der Waals surface area contributed by atoms with Crippen LogP contribution in [0.2, 0.25) is 0 Å². The van der Waals surface area contributed by atoms with Crippen molar-refractivity contribution < 1.29 is 0 Å². The van der Waals surface area contributed by atoms with Crippen molar-refractivity contribution >= 4 is 32.5 Å². The molecule has 0 radical (unpaired) electrons. The lowest BCUT2D eigenvalue weighted by Gasteiger charge is -2.08. The first-order valence-electron chi connectivity index (χ1n) is 5.99. The van der Waals surface area contributed by atoms with Crippen LogP contribution in [0.3, 0.4) is 0 Å². The van der Waals surface area contributed by atoms with E-state index in [4.69, 9.17) is 0 Å². The molecular formula is C14H13BrN4. The van der Waals surface area contributed by atoms with Crippen molar-refractivity contribution in [2.24, 2.45) is 0 Å². The first-order chi connectivity index (χ1) is 9.33. The quantitative estimate of drug-likeness (QED) is 0.646. The molecule has 0 bridgehead atoms. The molecule has 0 saturated heterocycles. The number of nitrogens with one attached hydrogen (secondary N) is 3. The second kappa shape index (κ2) is 5.42. The van der Waals surface area contributed by atoms with E-state index in [1.807, 2.05) is 36.4 Å². The van der Waals surface area contributed by atoms with E-state index in [-0.39, 0.29) is 0 Å². The lowest BCUT2D eigenvalue weighted by atomic mass is 10.1. The smallest absolute Gasteiger partial charge is 0.108 e. The summed E-state index contributed by atoms with van der Waals surface area (Å²) in [5.41, 5.74) is 9.57. The normalized spacial score (nSPS) is 10.8. The fourth-order valence-corrected chi connectivity index (χ4v) is 2.31. The van der Waals surface area contributed by atoms with Crippen molar-refractivity contribution in [3.8, 4) is 0 Å². The molecule has 2 aromatic carbocycles. The Labute approximate surface area is 119 Å². The third-order valence-electron chi connectivity index (χ3n) is 2.87. The van der Waals surface area contributed by atoms with E-state index in [2.05, 4.69) is 49.1 Å². The van der Waals surface area contributed by atoms with Crippen LogP contribution in [0.25, 0.3) is 10.9 Å². The first-order valence-corrected chi connectivity index (χ1v) is 6.79. The van der Waals surface area contributed by atoms with E-state index in [1.165, 1.54) is 5.56 Å². The number of anilines is 1. The number of hydrazine groups is 1. The van der Waals surface area contributed by atoms with Gasteiger partial charge in [0.15, 0.2) is 0 Å². The van der Waals surface area contributed by atoms with Crippen LogP contribution in [-0.2, 0) is 6.54 Å². The van der Waals surface area contributed by atoms with Crippen LogP contribution in [0.15, 0.2) is 53.1 Å². The van der Waals surface area contributed by atoms with Gasteiger partial charge in [-0.3, -0.25) is 5.10 Å². The first kappa shape index (κ1) is 12.2. The molecule has 0 aliphatic carbocycles. The van der Waals surface area contributed by atoms with Gasteiger partial charge in [0.25, 0.3) is 0 Å². The molecule has 0 fully saturated rings. The number of halogens is 1. The largest absolute Gasteiger partial charge is 0.321 e. The van der Waals surface area contributed by atoms with Crippen LogP contribution < -0.4 is 10.9 Å². The second-order valence-corrected chi connectivity index (χ2v) is 5.03. The molecule has 19 heavy (non-hydrogen) atoms. The zero-order chi connectivity index (χ0) is 13.1. The predicted molar refractivity (Wildman–Crippen MR) is 80.7 cm³/mol. The van der Waals surface area contributed by atoms with Gasteiger partial charge in [-0.2, -0.15) is 5.10 Å². The monoisotopic (exact) mass is 316 g/mol. The number of H-pyrrole nitrogens is 1. The third kappa shape index (κ3) is 2.77. The van der Waals surface area contributed by atoms with Crippen molar-refractivity contribution in [3.05, 3.63) is 58.7 Å². The van der Waals surface area contributed by atoms with E-state index in [0.717, 1.165) is 27.7 Å². The maximum absolute atomic E-state index is 4.18. The highest BCUT2D eigenvalue weighted by molar-refractivity contribution is 9.10. The topological polar surface area (TPSA) is 52.7 Å². The molecule has 0 saturated carbocycles. The van der Waals surface area contributed by atoms with Gasteiger partial charge in [-0.1, -0.05) is 24.3 Å². The molecule has 1 aromatic heterocycles. The van der Waals surface area contributed by atoms with Gasteiger partial charge in [0.1, 0.15) is 4.60 Å². The van der Waals surface area contributed by atoms with Gasteiger partial charge in [0, 0.05) is 17.6 Å². The van der Waals surface area contributed by atoms with E-state index in [1.54, 1.807) is 0 Å². The standard InChI is InChI=1S/C14H13BrN4/c15-14-12-8-10(6-7-13(12)18-19-14)9-16-17-11-4-2-1-3-5-11/h1-8,16-17H,9H2,(H,18,19). The molecule has 5 heteroatoms. The molecule has 0 unspecified atom stereocenters. The maximum Gasteiger partial charge on any atom is 0.108 e. The van der Waals surface area contributed by atoms with Gasteiger partial charge in [0.2, 0.25) is 0 Å². The Hall–Kier alpha value is -1.85. The number of nitrogens with zero attached hydrogens (tertiary/aromatic N) is 1. The molecule has 0 atom stereocenters. The van der Waals surface area contributed by atoms with E-state index in [0.29, 0.717) is 0 Å². The summed E-state index contributed by atoms with van der Waals surface area (Å²) in [7, 11) is 0. The lowest BCUT2D eigenvalue weighted by molar-refractivity contribution is 0.802. The Bertz CT molecular complexity index is 678. The SMILES string of the molecule is Brc1[nH]nc2ccc(CNNc3ccccc3)cc12. The van der Waals surface area contributed by atoms with Gasteiger partial charge < -0.3 is 5.43 Å².